The normalized spacial score (nSPS) is 16.9. The van der Waals surface area contributed by atoms with E-state index in [0.717, 1.165) is 5.39 Å². The standard InChI is InChI=1S/C34H20O2/c1-2-8-21(9-3-1)31-24-10-4-6-12-26(24)32(27-13-7-5-11-25(27)31)23-15-17-30-29(20-23)28-16-14-22-18-19-35-33(22)34(28)36-30/h1-20H/i1D,2D,3D,4D,5D,6D,7D,8D,9D,10D,11D,12D,13D. The van der Waals surface area contributed by atoms with Gasteiger partial charge in [0.1, 0.15) is 5.58 Å². The Balaban J connectivity index is 1.67. The predicted octanol–water partition coefficient (Wildman–Crippen LogP) is 9.97. The van der Waals surface area contributed by atoms with Crippen molar-refractivity contribution in [1.29, 1.82) is 0 Å². The second-order valence-corrected chi connectivity index (χ2v) is 8.34. The third-order valence-electron chi connectivity index (χ3n) is 6.47. The van der Waals surface area contributed by atoms with E-state index < -0.39 is 84.1 Å². The first-order valence-corrected chi connectivity index (χ1v) is 11.1. The Morgan fingerprint density at radius 1 is 0.500 bits per heavy atom. The lowest BCUT2D eigenvalue weighted by Gasteiger charge is -2.17. The highest BCUT2D eigenvalue weighted by Crippen LogP contribution is 2.45. The Morgan fingerprint density at radius 3 is 1.83 bits per heavy atom. The molecular weight excluding hydrogens is 440 g/mol. The zero-order valence-electron chi connectivity index (χ0n) is 31.4. The number of benzene rings is 6. The molecule has 0 aliphatic heterocycles. The van der Waals surface area contributed by atoms with E-state index in [4.69, 9.17) is 26.7 Å². The van der Waals surface area contributed by atoms with E-state index in [1.165, 1.54) is 0 Å². The van der Waals surface area contributed by atoms with Gasteiger partial charge in [-0.2, -0.15) is 0 Å². The van der Waals surface area contributed by atoms with Crippen molar-refractivity contribution in [2.45, 2.75) is 0 Å². The van der Waals surface area contributed by atoms with Gasteiger partial charge in [-0.15, -0.1) is 0 Å². The van der Waals surface area contributed by atoms with Crippen LogP contribution in [0.5, 0.6) is 0 Å². The fraction of sp³-hybridized carbons (Fsp3) is 0. The fourth-order valence-corrected chi connectivity index (χ4v) is 4.95. The smallest absolute Gasteiger partial charge is 0.178 e. The van der Waals surface area contributed by atoms with Gasteiger partial charge in [0.15, 0.2) is 11.2 Å². The molecule has 0 unspecified atom stereocenters. The van der Waals surface area contributed by atoms with Gasteiger partial charge in [0.2, 0.25) is 0 Å². The summed E-state index contributed by atoms with van der Waals surface area (Å²) in [6.45, 7) is 0. The van der Waals surface area contributed by atoms with Gasteiger partial charge in [-0.1, -0.05) is 90.7 Å². The Kier molecular flexibility index (Phi) is 2.21. The van der Waals surface area contributed by atoms with E-state index in [-0.39, 0.29) is 32.7 Å². The van der Waals surface area contributed by atoms with Gasteiger partial charge in [-0.3, -0.25) is 0 Å². The van der Waals surface area contributed by atoms with E-state index in [9.17, 15) is 0 Å². The molecular formula is C34H20O2. The minimum absolute atomic E-state index is 0.0513. The summed E-state index contributed by atoms with van der Waals surface area (Å²) in [6, 6.07) is 2.06. The maximum absolute atomic E-state index is 9.12. The highest BCUT2D eigenvalue weighted by Gasteiger charge is 2.18. The molecule has 0 bridgehead atoms. The summed E-state index contributed by atoms with van der Waals surface area (Å²) in [5.41, 5.74) is 1.07. The maximum Gasteiger partial charge on any atom is 0.178 e. The second-order valence-electron chi connectivity index (χ2n) is 8.34. The summed E-state index contributed by atoms with van der Waals surface area (Å²) in [7, 11) is 0. The molecule has 0 aliphatic carbocycles. The van der Waals surface area contributed by atoms with Crippen LogP contribution in [0.1, 0.15) is 17.8 Å². The third-order valence-corrected chi connectivity index (χ3v) is 6.47. The molecule has 0 radical (unpaired) electrons. The fourth-order valence-electron chi connectivity index (χ4n) is 4.95. The highest BCUT2D eigenvalue weighted by molar-refractivity contribution is 6.22. The molecule has 2 aromatic heterocycles. The van der Waals surface area contributed by atoms with Crippen molar-refractivity contribution in [3.05, 3.63) is 121 Å². The van der Waals surface area contributed by atoms with Gasteiger partial charge in [0, 0.05) is 16.2 Å². The minimum Gasteiger partial charge on any atom is -0.460 e. The summed E-state index contributed by atoms with van der Waals surface area (Å²) in [5, 5.41) is 1.28. The van der Waals surface area contributed by atoms with Crippen LogP contribution in [0, 0.1) is 0 Å². The molecule has 0 spiro atoms. The van der Waals surface area contributed by atoms with Gasteiger partial charge in [-0.05, 0) is 68.1 Å². The number of rotatable bonds is 2. The van der Waals surface area contributed by atoms with Crippen molar-refractivity contribution in [3.8, 4) is 22.3 Å². The quantitative estimate of drug-likeness (QED) is 0.233. The van der Waals surface area contributed by atoms with E-state index in [1.807, 2.05) is 12.1 Å². The number of hydrogen-bond donors (Lipinski definition) is 0. The van der Waals surface area contributed by atoms with Crippen molar-refractivity contribution in [2.24, 2.45) is 0 Å². The number of hydrogen-bond acceptors (Lipinski definition) is 2. The summed E-state index contributed by atoms with van der Waals surface area (Å²) in [5.74, 6) is 0. The molecule has 2 nitrogen and oxygen atoms in total. The van der Waals surface area contributed by atoms with Crippen LogP contribution in [-0.4, -0.2) is 0 Å². The van der Waals surface area contributed by atoms with Crippen LogP contribution in [0.2, 0.25) is 0 Å². The molecule has 0 aliphatic rings. The monoisotopic (exact) mass is 473 g/mol. The lowest BCUT2D eigenvalue weighted by atomic mass is 9.86. The van der Waals surface area contributed by atoms with Crippen LogP contribution in [0.3, 0.4) is 0 Å². The first kappa shape index (κ1) is 10.8. The van der Waals surface area contributed by atoms with E-state index in [2.05, 4.69) is 0 Å². The summed E-state index contributed by atoms with van der Waals surface area (Å²) >= 11 is 0. The lowest BCUT2D eigenvalue weighted by Crippen LogP contribution is -1.90. The maximum atomic E-state index is 9.12. The summed E-state index contributed by atoms with van der Waals surface area (Å²) < 4.78 is 125. The molecule has 0 saturated carbocycles. The molecule has 2 heteroatoms. The molecule has 8 rings (SSSR count). The van der Waals surface area contributed by atoms with E-state index in [0.29, 0.717) is 33.1 Å². The van der Waals surface area contributed by atoms with Crippen molar-refractivity contribution >= 4 is 54.5 Å². The average molecular weight is 474 g/mol. The van der Waals surface area contributed by atoms with Gasteiger partial charge in [0.25, 0.3) is 0 Å². The van der Waals surface area contributed by atoms with Crippen molar-refractivity contribution in [3.63, 3.8) is 0 Å². The van der Waals surface area contributed by atoms with Crippen molar-refractivity contribution in [1.82, 2.24) is 0 Å². The molecule has 36 heavy (non-hydrogen) atoms. The van der Waals surface area contributed by atoms with Gasteiger partial charge in [0.05, 0.1) is 24.1 Å². The van der Waals surface area contributed by atoms with Crippen molar-refractivity contribution < 1.29 is 26.7 Å². The molecule has 0 amide bonds. The van der Waals surface area contributed by atoms with Crippen LogP contribution < -0.4 is 0 Å². The average Bonchev–Trinajstić information content (AvgIpc) is 3.73. The van der Waals surface area contributed by atoms with Gasteiger partial charge >= 0.3 is 0 Å². The minimum atomic E-state index is -0.717. The third kappa shape index (κ3) is 2.67. The largest absolute Gasteiger partial charge is 0.460 e. The van der Waals surface area contributed by atoms with E-state index >= 15 is 0 Å². The molecule has 6 aromatic carbocycles. The first-order chi connectivity index (χ1) is 23.3. The molecule has 0 atom stereocenters. The van der Waals surface area contributed by atoms with Gasteiger partial charge in [-0.25, -0.2) is 0 Å². The van der Waals surface area contributed by atoms with Gasteiger partial charge < -0.3 is 8.83 Å². The van der Waals surface area contributed by atoms with Crippen LogP contribution >= 0.6 is 0 Å². The van der Waals surface area contributed by atoms with Crippen LogP contribution in [0.25, 0.3) is 76.7 Å². The Labute approximate surface area is 225 Å². The first-order valence-electron chi connectivity index (χ1n) is 17.6. The van der Waals surface area contributed by atoms with Crippen molar-refractivity contribution in [2.75, 3.05) is 0 Å². The zero-order valence-corrected chi connectivity index (χ0v) is 18.4. The van der Waals surface area contributed by atoms with Crippen LogP contribution in [0.15, 0.2) is 130 Å². The Morgan fingerprint density at radius 2 is 1.14 bits per heavy atom. The number of fused-ring (bicyclic) bond motifs is 7. The molecule has 2 heterocycles. The zero-order chi connectivity index (χ0) is 35.0. The van der Waals surface area contributed by atoms with Crippen LogP contribution in [0.4, 0.5) is 0 Å². The molecule has 168 valence electrons. The molecule has 0 N–H and O–H groups in total. The topological polar surface area (TPSA) is 26.3 Å². The summed E-state index contributed by atoms with van der Waals surface area (Å²) in [6.07, 6.45) is 1.54. The Bertz CT molecular complexity index is 2710. The molecule has 0 saturated heterocycles. The van der Waals surface area contributed by atoms with E-state index in [1.54, 1.807) is 30.5 Å². The van der Waals surface area contributed by atoms with Crippen LogP contribution in [-0.2, 0) is 0 Å². The predicted molar refractivity (Wildman–Crippen MR) is 149 cm³/mol. The highest BCUT2D eigenvalue weighted by atomic mass is 16.4. The Hall–Kier alpha value is -4.82. The molecule has 0 fully saturated rings. The molecule has 8 aromatic rings. The number of furan rings is 2. The second kappa shape index (κ2) is 7.34. The lowest BCUT2D eigenvalue weighted by molar-refractivity contribution is 0.600. The summed E-state index contributed by atoms with van der Waals surface area (Å²) in [4.78, 5) is 0. The SMILES string of the molecule is [2H]c1c([2H])c([2H])c(-c2c3c([2H])c([2H])c([2H])c([2H])c3c(-c3ccc4oc5c(ccc6ccoc65)c4c3)c3c([2H])c([2H])c([2H])c([2H])c23)c([2H])c1[2H].